The minimum Gasteiger partial charge on any atom is -0.341 e. The molecule has 2 N–H and O–H groups in total. The van der Waals surface area contributed by atoms with Gasteiger partial charge in [-0.2, -0.15) is 0 Å². The fourth-order valence-corrected chi connectivity index (χ4v) is 2.13. The fraction of sp³-hybridized carbons (Fsp3) is 0.0667. The van der Waals surface area contributed by atoms with E-state index in [1.165, 1.54) is 0 Å². The van der Waals surface area contributed by atoms with Gasteiger partial charge in [0.1, 0.15) is 6.33 Å². The Morgan fingerprint density at radius 1 is 1.10 bits per heavy atom. The van der Waals surface area contributed by atoms with Crippen LogP contribution >= 0.6 is 0 Å². The number of aromatic nitrogens is 2. The number of hydrogen-bond acceptors (Lipinski definition) is 2. The van der Waals surface area contributed by atoms with Crippen molar-refractivity contribution >= 4 is 22.8 Å². The van der Waals surface area contributed by atoms with Crippen molar-refractivity contribution in [2.75, 3.05) is 12.4 Å². The third-order valence-electron chi connectivity index (χ3n) is 3.09. The predicted molar refractivity (Wildman–Crippen MR) is 79.1 cm³/mol. The molecular formula is C15H14N4O. The molecule has 0 aliphatic rings. The van der Waals surface area contributed by atoms with E-state index in [-0.39, 0.29) is 6.03 Å². The summed E-state index contributed by atoms with van der Waals surface area (Å²) in [6.07, 6.45) is 1.76. The summed E-state index contributed by atoms with van der Waals surface area (Å²) in [5.41, 5.74) is 3.53. The molecule has 0 atom stereocenters. The summed E-state index contributed by atoms with van der Waals surface area (Å²) < 4.78 is 1.96. The molecule has 1 heterocycles. The van der Waals surface area contributed by atoms with Gasteiger partial charge in [-0.15, -0.1) is 0 Å². The van der Waals surface area contributed by atoms with Crippen LogP contribution in [0.1, 0.15) is 0 Å². The van der Waals surface area contributed by atoms with Crippen molar-refractivity contribution < 1.29 is 4.79 Å². The van der Waals surface area contributed by atoms with Crippen LogP contribution in [0.2, 0.25) is 0 Å². The van der Waals surface area contributed by atoms with Crippen molar-refractivity contribution in [3.63, 3.8) is 0 Å². The summed E-state index contributed by atoms with van der Waals surface area (Å²) in [4.78, 5) is 15.9. The first-order valence-corrected chi connectivity index (χ1v) is 6.30. The van der Waals surface area contributed by atoms with E-state index in [4.69, 9.17) is 0 Å². The highest BCUT2D eigenvalue weighted by atomic mass is 16.2. The second-order valence-corrected chi connectivity index (χ2v) is 4.32. The number of amides is 2. The van der Waals surface area contributed by atoms with Gasteiger partial charge in [0.15, 0.2) is 0 Å². The molecule has 2 amide bonds. The molecule has 100 valence electrons. The number of hydrogen-bond donors (Lipinski definition) is 2. The number of nitrogens with zero attached hydrogens (tertiary/aromatic N) is 2. The van der Waals surface area contributed by atoms with E-state index in [1.54, 1.807) is 13.4 Å². The van der Waals surface area contributed by atoms with Crippen LogP contribution < -0.4 is 10.6 Å². The summed E-state index contributed by atoms with van der Waals surface area (Å²) in [6, 6.07) is 15.2. The zero-order valence-corrected chi connectivity index (χ0v) is 11.0. The van der Waals surface area contributed by atoms with Crippen molar-refractivity contribution in [3.8, 4) is 5.69 Å². The van der Waals surface area contributed by atoms with Crippen LogP contribution in [0.5, 0.6) is 0 Å². The third kappa shape index (κ3) is 2.09. The number of fused-ring (bicyclic) bond motifs is 1. The van der Waals surface area contributed by atoms with Crippen LogP contribution in [0.3, 0.4) is 0 Å². The molecule has 1 aromatic heterocycles. The quantitative estimate of drug-likeness (QED) is 0.749. The Bertz CT molecular complexity index is 763. The summed E-state index contributed by atoms with van der Waals surface area (Å²) in [7, 11) is 1.59. The zero-order valence-electron chi connectivity index (χ0n) is 11.0. The zero-order chi connectivity index (χ0) is 13.9. The molecule has 0 unspecified atom stereocenters. The number of benzene rings is 2. The Kier molecular flexibility index (Phi) is 3.09. The van der Waals surface area contributed by atoms with Gasteiger partial charge < -0.3 is 10.6 Å². The molecule has 0 spiro atoms. The van der Waals surface area contributed by atoms with E-state index >= 15 is 0 Å². The van der Waals surface area contributed by atoms with Crippen LogP contribution in [-0.4, -0.2) is 22.6 Å². The Morgan fingerprint density at radius 3 is 2.70 bits per heavy atom. The third-order valence-corrected chi connectivity index (χ3v) is 3.09. The fourth-order valence-electron chi connectivity index (χ4n) is 2.13. The molecule has 0 bridgehead atoms. The average Bonchev–Trinajstić information content (AvgIpc) is 2.91. The number of rotatable bonds is 2. The smallest absolute Gasteiger partial charge is 0.319 e. The largest absolute Gasteiger partial charge is 0.341 e. The molecule has 0 aliphatic heterocycles. The SMILES string of the molecule is CNC(=O)Nc1ccccc1-n1cnc2ccccc21. The van der Waals surface area contributed by atoms with Crippen LogP contribution in [0.4, 0.5) is 10.5 Å². The molecule has 0 saturated heterocycles. The van der Waals surface area contributed by atoms with E-state index in [1.807, 2.05) is 53.1 Å². The van der Waals surface area contributed by atoms with Crippen molar-refractivity contribution in [2.45, 2.75) is 0 Å². The maximum absolute atomic E-state index is 11.5. The van der Waals surface area contributed by atoms with Gasteiger partial charge >= 0.3 is 6.03 Å². The minimum atomic E-state index is -0.248. The molecule has 0 fully saturated rings. The average molecular weight is 266 g/mol. The summed E-state index contributed by atoms with van der Waals surface area (Å²) in [6.45, 7) is 0. The molecule has 0 aliphatic carbocycles. The normalized spacial score (nSPS) is 10.4. The molecule has 5 nitrogen and oxygen atoms in total. The van der Waals surface area contributed by atoms with Crippen LogP contribution in [-0.2, 0) is 0 Å². The summed E-state index contributed by atoms with van der Waals surface area (Å²) in [5, 5.41) is 5.36. The van der Waals surface area contributed by atoms with E-state index in [2.05, 4.69) is 15.6 Å². The van der Waals surface area contributed by atoms with Gasteiger partial charge in [-0.1, -0.05) is 24.3 Å². The number of imidazole rings is 1. The highest BCUT2D eigenvalue weighted by molar-refractivity contribution is 5.92. The second kappa shape index (κ2) is 5.05. The number of para-hydroxylation sites is 4. The topological polar surface area (TPSA) is 59.0 Å². The monoisotopic (exact) mass is 266 g/mol. The molecule has 2 aromatic carbocycles. The van der Waals surface area contributed by atoms with Crippen molar-refractivity contribution in [3.05, 3.63) is 54.9 Å². The van der Waals surface area contributed by atoms with Gasteiger partial charge in [0, 0.05) is 7.05 Å². The maximum atomic E-state index is 11.5. The van der Waals surface area contributed by atoms with Crippen molar-refractivity contribution in [2.24, 2.45) is 0 Å². The Labute approximate surface area is 116 Å². The molecule has 20 heavy (non-hydrogen) atoms. The van der Waals surface area contributed by atoms with Crippen LogP contribution in [0.15, 0.2) is 54.9 Å². The van der Waals surface area contributed by atoms with Gasteiger partial charge in [-0.3, -0.25) is 4.57 Å². The van der Waals surface area contributed by atoms with Gasteiger partial charge in [-0.25, -0.2) is 9.78 Å². The standard InChI is InChI=1S/C15H14N4O/c1-16-15(20)18-12-7-3-5-9-14(12)19-10-17-11-6-2-4-8-13(11)19/h2-10H,1H3,(H2,16,18,20). The predicted octanol–water partition coefficient (Wildman–Crippen LogP) is 2.78. The Hall–Kier alpha value is -2.82. The molecule has 5 heteroatoms. The van der Waals surface area contributed by atoms with E-state index in [0.717, 1.165) is 22.4 Å². The van der Waals surface area contributed by atoms with E-state index in [9.17, 15) is 4.79 Å². The van der Waals surface area contributed by atoms with Gasteiger partial charge in [0.25, 0.3) is 0 Å². The van der Waals surface area contributed by atoms with E-state index in [0.29, 0.717) is 0 Å². The molecule has 3 rings (SSSR count). The number of carbonyl (C=O) groups is 1. The van der Waals surface area contributed by atoms with Crippen molar-refractivity contribution in [1.29, 1.82) is 0 Å². The lowest BCUT2D eigenvalue weighted by Crippen LogP contribution is -2.25. The maximum Gasteiger partial charge on any atom is 0.319 e. The van der Waals surface area contributed by atoms with Gasteiger partial charge in [-0.05, 0) is 24.3 Å². The Balaban J connectivity index is 2.12. The molecule has 0 radical (unpaired) electrons. The lowest BCUT2D eigenvalue weighted by atomic mass is 10.2. The van der Waals surface area contributed by atoms with Crippen LogP contribution in [0, 0.1) is 0 Å². The van der Waals surface area contributed by atoms with Crippen molar-refractivity contribution in [1.82, 2.24) is 14.9 Å². The summed E-state index contributed by atoms with van der Waals surface area (Å²) >= 11 is 0. The lowest BCUT2D eigenvalue weighted by Gasteiger charge is -2.12. The molecule has 3 aromatic rings. The second-order valence-electron chi connectivity index (χ2n) is 4.32. The number of anilines is 1. The first-order chi connectivity index (χ1) is 9.79. The van der Waals surface area contributed by atoms with E-state index < -0.39 is 0 Å². The highest BCUT2D eigenvalue weighted by Gasteiger charge is 2.09. The first kappa shape index (κ1) is 12.2. The molecular weight excluding hydrogens is 252 g/mol. The highest BCUT2D eigenvalue weighted by Crippen LogP contribution is 2.24. The van der Waals surface area contributed by atoms with Gasteiger partial charge in [0.05, 0.1) is 22.4 Å². The number of nitrogens with one attached hydrogen (secondary N) is 2. The first-order valence-electron chi connectivity index (χ1n) is 6.30. The lowest BCUT2D eigenvalue weighted by molar-refractivity contribution is 0.254. The minimum absolute atomic E-state index is 0.248. The Morgan fingerprint density at radius 2 is 1.85 bits per heavy atom. The molecule has 0 saturated carbocycles. The number of urea groups is 1. The number of carbonyl (C=O) groups excluding carboxylic acids is 1. The summed E-state index contributed by atoms with van der Waals surface area (Å²) in [5.74, 6) is 0. The van der Waals surface area contributed by atoms with Crippen LogP contribution in [0.25, 0.3) is 16.7 Å². The van der Waals surface area contributed by atoms with Gasteiger partial charge in [0.2, 0.25) is 0 Å².